The van der Waals surface area contributed by atoms with Gasteiger partial charge in [-0.15, -0.1) is 0 Å². The van der Waals surface area contributed by atoms with Crippen LogP contribution in [0.5, 0.6) is 0 Å². The zero-order valence-electron chi connectivity index (χ0n) is 10.1. The van der Waals surface area contributed by atoms with Gasteiger partial charge in [-0.2, -0.15) is 0 Å². The summed E-state index contributed by atoms with van der Waals surface area (Å²) in [6.45, 7) is 1.70. The molecule has 0 aliphatic rings. The van der Waals surface area contributed by atoms with Gasteiger partial charge in [0.15, 0.2) is 0 Å². The molecule has 0 saturated carbocycles. The number of anilines is 2. The number of nitrogen functional groups attached to an aromatic ring is 1. The first-order chi connectivity index (χ1) is 8.90. The number of benzene rings is 1. The van der Waals surface area contributed by atoms with E-state index in [9.17, 15) is 8.42 Å². The first-order valence-electron chi connectivity index (χ1n) is 5.38. The van der Waals surface area contributed by atoms with Gasteiger partial charge in [0, 0.05) is 6.20 Å². The first-order valence-corrected chi connectivity index (χ1v) is 7.25. The minimum atomic E-state index is -3.70. The standard InChI is InChI=1S/C12H12ClN3O2S/c1-8-5-10(6-11(14)12(8)13)19(17,18)16-9-3-2-4-15-7-9/h2-7,16H,14H2,1H3. The Labute approximate surface area is 116 Å². The van der Waals surface area contributed by atoms with Crippen molar-refractivity contribution in [1.82, 2.24) is 4.98 Å². The van der Waals surface area contributed by atoms with E-state index in [2.05, 4.69) is 9.71 Å². The highest BCUT2D eigenvalue weighted by molar-refractivity contribution is 7.92. The molecule has 0 radical (unpaired) electrons. The molecule has 5 nitrogen and oxygen atoms in total. The van der Waals surface area contributed by atoms with Crippen LogP contribution in [0, 0.1) is 6.92 Å². The van der Waals surface area contributed by atoms with Crippen LogP contribution >= 0.6 is 11.6 Å². The normalized spacial score (nSPS) is 11.3. The maximum atomic E-state index is 12.2. The monoisotopic (exact) mass is 297 g/mol. The van der Waals surface area contributed by atoms with Crippen LogP contribution in [0.4, 0.5) is 11.4 Å². The van der Waals surface area contributed by atoms with Gasteiger partial charge >= 0.3 is 0 Å². The zero-order valence-corrected chi connectivity index (χ0v) is 11.7. The molecule has 1 heterocycles. The average Bonchev–Trinajstić information content (AvgIpc) is 2.36. The first kappa shape index (κ1) is 13.6. The van der Waals surface area contributed by atoms with Gasteiger partial charge in [0.1, 0.15) is 0 Å². The summed E-state index contributed by atoms with van der Waals surface area (Å²) in [5, 5.41) is 0.361. The number of hydrogen-bond donors (Lipinski definition) is 2. The molecular weight excluding hydrogens is 286 g/mol. The highest BCUT2D eigenvalue weighted by Crippen LogP contribution is 2.27. The van der Waals surface area contributed by atoms with Crippen molar-refractivity contribution < 1.29 is 8.42 Å². The van der Waals surface area contributed by atoms with Gasteiger partial charge in [-0.25, -0.2) is 8.42 Å². The molecule has 0 spiro atoms. The second-order valence-electron chi connectivity index (χ2n) is 3.99. The van der Waals surface area contributed by atoms with Crippen LogP contribution in [0.3, 0.4) is 0 Å². The molecule has 0 unspecified atom stereocenters. The Morgan fingerprint density at radius 1 is 1.37 bits per heavy atom. The molecule has 0 aliphatic heterocycles. The maximum Gasteiger partial charge on any atom is 0.262 e. The third kappa shape index (κ3) is 2.97. The van der Waals surface area contributed by atoms with Crippen molar-refractivity contribution >= 4 is 33.0 Å². The Bertz CT molecular complexity index is 679. The molecular formula is C12H12ClN3O2S. The van der Waals surface area contributed by atoms with Crippen molar-refractivity contribution in [2.75, 3.05) is 10.5 Å². The van der Waals surface area contributed by atoms with E-state index in [1.54, 1.807) is 25.3 Å². The lowest BCUT2D eigenvalue weighted by Crippen LogP contribution is -2.13. The van der Waals surface area contributed by atoms with Crippen molar-refractivity contribution in [3.05, 3.63) is 47.2 Å². The molecule has 1 aromatic carbocycles. The number of nitrogens with zero attached hydrogens (tertiary/aromatic N) is 1. The van der Waals surface area contributed by atoms with Gasteiger partial charge in [0.2, 0.25) is 0 Å². The number of aromatic nitrogens is 1. The summed E-state index contributed by atoms with van der Waals surface area (Å²) in [7, 11) is -3.70. The fraction of sp³-hybridized carbons (Fsp3) is 0.0833. The molecule has 3 N–H and O–H groups in total. The van der Waals surface area contributed by atoms with E-state index in [1.807, 2.05) is 0 Å². The quantitative estimate of drug-likeness (QED) is 0.852. The molecule has 19 heavy (non-hydrogen) atoms. The van der Waals surface area contributed by atoms with Crippen LogP contribution in [0.15, 0.2) is 41.6 Å². The van der Waals surface area contributed by atoms with Crippen molar-refractivity contribution in [3.8, 4) is 0 Å². The van der Waals surface area contributed by atoms with E-state index in [0.29, 0.717) is 16.3 Å². The number of hydrogen-bond acceptors (Lipinski definition) is 4. The van der Waals surface area contributed by atoms with E-state index in [1.165, 1.54) is 18.3 Å². The van der Waals surface area contributed by atoms with Crippen molar-refractivity contribution in [1.29, 1.82) is 0 Å². The molecule has 0 fully saturated rings. The zero-order chi connectivity index (χ0) is 14.0. The topological polar surface area (TPSA) is 85.1 Å². The molecule has 1 aromatic heterocycles. The van der Waals surface area contributed by atoms with Crippen LogP contribution in [0.1, 0.15) is 5.56 Å². The summed E-state index contributed by atoms with van der Waals surface area (Å²) < 4.78 is 26.8. The lowest BCUT2D eigenvalue weighted by atomic mass is 10.2. The molecule has 0 aliphatic carbocycles. The van der Waals surface area contributed by atoms with E-state index in [-0.39, 0.29) is 10.6 Å². The Morgan fingerprint density at radius 2 is 2.11 bits per heavy atom. The Kier molecular flexibility index (Phi) is 3.64. The maximum absolute atomic E-state index is 12.2. The number of nitrogens with two attached hydrogens (primary N) is 1. The van der Waals surface area contributed by atoms with Crippen LogP contribution in [-0.4, -0.2) is 13.4 Å². The summed E-state index contributed by atoms with van der Waals surface area (Å²) in [6.07, 6.45) is 2.98. The minimum Gasteiger partial charge on any atom is -0.397 e. The van der Waals surface area contributed by atoms with Crippen molar-refractivity contribution in [2.45, 2.75) is 11.8 Å². The molecule has 2 aromatic rings. The third-order valence-electron chi connectivity index (χ3n) is 2.48. The summed E-state index contributed by atoms with van der Waals surface area (Å²) in [6, 6.07) is 6.04. The molecule has 0 amide bonds. The molecule has 7 heteroatoms. The minimum absolute atomic E-state index is 0.0655. The molecule has 2 rings (SSSR count). The smallest absolute Gasteiger partial charge is 0.262 e. The number of halogens is 1. The molecule has 0 bridgehead atoms. The van der Waals surface area contributed by atoms with Gasteiger partial charge in [0.05, 0.1) is 27.5 Å². The number of nitrogens with one attached hydrogen (secondary N) is 1. The van der Waals surface area contributed by atoms with E-state index in [0.717, 1.165) is 0 Å². The molecule has 100 valence electrons. The second kappa shape index (κ2) is 5.07. The fourth-order valence-electron chi connectivity index (χ4n) is 1.56. The van der Waals surface area contributed by atoms with Crippen LogP contribution < -0.4 is 10.5 Å². The Hall–Kier alpha value is -1.79. The Morgan fingerprint density at radius 3 is 2.68 bits per heavy atom. The van der Waals surface area contributed by atoms with E-state index < -0.39 is 10.0 Å². The molecule has 0 saturated heterocycles. The van der Waals surface area contributed by atoms with Gasteiger partial charge in [-0.1, -0.05) is 11.6 Å². The fourth-order valence-corrected chi connectivity index (χ4v) is 2.83. The predicted octanol–water partition coefficient (Wildman–Crippen LogP) is 2.43. The highest BCUT2D eigenvalue weighted by Gasteiger charge is 2.17. The van der Waals surface area contributed by atoms with Gasteiger partial charge < -0.3 is 5.73 Å². The SMILES string of the molecule is Cc1cc(S(=O)(=O)Nc2cccnc2)cc(N)c1Cl. The summed E-state index contributed by atoms with van der Waals surface area (Å²) in [5.41, 5.74) is 6.89. The number of sulfonamides is 1. The van der Waals surface area contributed by atoms with Crippen LogP contribution in [0.2, 0.25) is 5.02 Å². The van der Waals surface area contributed by atoms with Gasteiger partial charge in [-0.3, -0.25) is 9.71 Å². The predicted molar refractivity (Wildman–Crippen MR) is 75.6 cm³/mol. The highest BCUT2D eigenvalue weighted by atomic mass is 35.5. The van der Waals surface area contributed by atoms with Gasteiger partial charge in [0.25, 0.3) is 10.0 Å². The molecule has 0 atom stereocenters. The number of rotatable bonds is 3. The lowest BCUT2D eigenvalue weighted by Gasteiger charge is -2.10. The average molecular weight is 298 g/mol. The number of pyridine rings is 1. The van der Waals surface area contributed by atoms with Crippen molar-refractivity contribution in [3.63, 3.8) is 0 Å². The number of aryl methyl sites for hydroxylation is 1. The van der Waals surface area contributed by atoms with Crippen LogP contribution in [-0.2, 0) is 10.0 Å². The third-order valence-corrected chi connectivity index (χ3v) is 4.36. The summed E-state index contributed by atoms with van der Waals surface area (Å²) in [5.74, 6) is 0. The van der Waals surface area contributed by atoms with E-state index in [4.69, 9.17) is 17.3 Å². The summed E-state index contributed by atoms with van der Waals surface area (Å²) in [4.78, 5) is 3.90. The largest absolute Gasteiger partial charge is 0.397 e. The summed E-state index contributed by atoms with van der Waals surface area (Å²) >= 11 is 5.91. The second-order valence-corrected chi connectivity index (χ2v) is 6.05. The van der Waals surface area contributed by atoms with Crippen molar-refractivity contribution in [2.24, 2.45) is 0 Å². The van der Waals surface area contributed by atoms with E-state index >= 15 is 0 Å². The van der Waals surface area contributed by atoms with Gasteiger partial charge in [-0.05, 0) is 36.8 Å². The van der Waals surface area contributed by atoms with Crippen LogP contribution in [0.25, 0.3) is 0 Å². The lowest BCUT2D eigenvalue weighted by molar-refractivity contribution is 0.601. The Balaban J connectivity index is 2.40.